The second-order valence-electron chi connectivity index (χ2n) is 3.57. The Balaban J connectivity index is 2.23. The highest BCUT2D eigenvalue weighted by molar-refractivity contribution is 6.61. The van der Waals surface area contributed by atoms with Gasteiger partial charge in [-0.1, -0.05) is 40.1 Å². The fraction of sp³-hybridized carbons (Fsp3) is 0.182. The van der Waals surface area contributed by atoms with Crippen LogP contribution in [0.5, 0.6) is 5.88 Å². The Morgan fingerprint density at radius 3 is 2.83 bits per heavy atom. The van der Waals surface area contributed by atoms with E-state index in [0.29, 0.717) is 17.3 Å². The lowest BCUT2D eigenvalue weighted by Gasteiger charge is -2.05. The number of rotatable bonds is 3. The molecule has 0 amide bonds. The highest BCUT2D eigenvalue weighted by atomic mass is 35.5. The van der Waals surface area contributed by atoms with Gasteiger partial charge < -0.3 is 4.74 Å². The maximum atomic E-state index is 10.6. The van der Waals surface area contributed by atoms with Crippen molar-refractivity contribution in [2.45, 2.75) is 13.5 Å². The van der Waals surface area contributed by atoms with Gasteiger partial charge in [0.2, 0.25) is 0 Å². The number of ether oxygens (including phenoxy) is 1. The predicted molar refractivity (Wildman–Crippen MR) is 67.2 cm³/mol. The molecule has 0 unspecified atom stereocenters. The van der Waals surface area contributed by atoms with Crippen LogP contribution in [0.3, 0.4) is 0 Å². The summed E-state index contributed by atoms with van der Waals surface area (Å²) in [7, 11) is 0. The quantitative estimate of drug-likeness (QED) is 0.814. The smallest absolute Gasteiger partial charge is 0.392 e. The second-order valence-corrected chi connectivity index (χ2v) is 4.28. The summed E-state index contributed by atoms with van der Waals surface area (Å²) in [6.07, 6.45) is 0. The van der Waals surface area contributed by atoms with Crippen molar-refractivity contribution >= 4 is 28.6 Å². The van der Waals surface area contributed by atoms with Gasteiger partial charge in [-0.2, -0.15) is 0 Å². The van der Waals surface area contributed by atoms with Gasteiger partial charge in [0, 0.05) is 16.6 Å². The first-order valence-electron chi connectivity index (χ1n) is 5.08. The molecular weight excluding hydrogens is 277 g/mol. The molecule has 0 bridgehead atoms. The van der Waals surface area contributed by atoms with Crippen molar-refractivity contribution in [2.75, 3.05) is 0 Å². The van der Waals surface area contributed by atoms with Crippen LogP contribution in [0.2, 0.25) is 5.02 Å². The molecule has 2 aromatic rings. The van der Waals surface area contributed by atoms with Crippen LogP contribution in [0, 0.1) is 6.92 Å². The molecule has 0 atom stereocenters. The molecule has 0 fully saturated rings. The highest BCUT2D eigenvalue weighted by Crippen LogP contribution is 2.19. The summed E-state index contributed by atoms with van der Waals surface area (Å²) in [5.41, 5.74) is 0.558. The number of aromatic nitrogens is 3. The largest absolute Gasteiger partial charge is 0.410 e. The Morgan fingerprint density at radius 1 is 1.44 bits per heavy atom. The summed E-state index contributed by atoms with van der Waals surface area (Å²) in [6.45, 7) is 2.17. The monoisotopic (exact) mass is 285 g/mol. The van der Waals surface area contributed by atoms with Crippen LogP contribution in [-0.4, -0.2) is 20.4 Å². The Labute approximate surface area is 113 Å². The molecule has 7 heteroatoms. The van der Waals surface area contributed by atoms with Crippen molar-refractivity contribution in [3.8, 4) is 5.88 Å². The summed E-state index contributed by atoms with van der Waals surface area (Å²) in [5.74, 6) is 0.0991. The molecule has 0 aliphatic heterocycles. The van der Waals surface area contributed by atoms with Crippen LogP contribution in [0.25, 0.3) is 0 Å². The van der Waals surface area contributed by atoms with Gasteiger partial charge in [0.05, 0.1) is 6.54 Å². The summed E-state index contributed by atoms with van der Waals surface area (Å²) < 4.78 is 6.27. The number of carbonyl (C=O) groups is 1. The van der Waals surface area contributed by atoms with Gasteiger partial charge in [-0.15, -0.1) is 0 Å². The number of nitrogens with zero attached hydrogens (tertiary/aromatic N) is 3. The van der Waals surface area contributed by atoms with Crippen molar-refractivity contribution in [1.29, 1.82) is 0 Å². The molecule has 18 heavy (non-hydrogen) atoms. The van der Waals surface area contributed by atoms with Gasteiger partial charge in [-0.05, 0) is 18.6 Å². The fourth-order valence-electron chi connectivity index (χ4n) is 1.45. The minimum Gasteiger partial charge on any atom is -0.392 e. The van der Waals surface area contributed by atoms with Crippen molar-refractivity contribution in [3.05, 3.63) is 40.5 Å². The summed E-state index contributed by atoms with van der Waals surface area (Å²) >= 11 is 11.2. The van der Waals surface area contributed by atoms with E-state index >= 15 is 0 Å². The molecule has 0 aliphatic rings. The van der Waals surface area contributed by atoms with Gasteiger partial charge >= 0.3 is 5.43 Å². The molecule has 0 saturated heterocycles. The van der Waals surface area contributed by atoms with Crippen molar-refractivity contribution in [1.82, 2.24) is 15.0 Å². The molecule has 0 N–H and O–H groups in total. The average molecular weight is 286 g/mol. The van der Waals surface area contributed by atoms with Crippen LogP contribution < -0.4 is 4.74 Å². The molecule has 5 nitrogen and oxygen atoms in total. The molecule has 0 saturated carbocycles. The number of hydrogen-bond acceptors (Lipinski definition) is 4. The Morgan fingerprint density at radius 2 is 2.17 bits per heavy atom. The molecular formula is C11H9Cl2N3O2. The van der Waals surface area contributed by atoms with Crippen LogP contribution >= 0.6 is 23.2 Å². The molecule has 0 radical (unpaired) electrons. The summed E-state index contributed by atoms with van der Waals surface area (Å²) in [6, 6.07) is 7.41. The summed E-state index contributed by atoms with van der Waals surface area (Å²) in [4.78, 5) is 10.6. The van der Waals surface area contributed by atoms with E-state index in [1.54, 1.807) is 17.7 Å². The topological polar surface area (TPSA) is 57.0 Å². The van der Waals surface area contributed by atoms with Crippen LogP contribution in [0.15, 0.2) is 24.3 Å². The molecule has 94 valence electrons. The van der Waals surface area contributed by atoms with Gasteiger partial charge in [-0.25, -0.2) is 9.48 Å². The van der Waals surface area contributed by atoms with E-state index in [1.165, 1.54) is 0 Å². The van der Waals surface area contributed by atoms with Gasteiger partial charge in [-0.3, -0.25) is 0 Å². The minimum atomic E-state index is -0.942. The summed E-state index contributed by atoms with van der Waals surface area (Å²) in [5, 5.41) is 8.24. The number of halogens is 2. The van der Waals surface area contributed by atoms with E-state index in [9.17, 15) is 4.79 Å². The second kappa shape index (κ2) is 5.37. The minimum absolute atomic E-state index is 0.0991. The van der Waals surface area contributed by atoms with E-state index in [4.69, 9.17) is 27.9 Å². The van der Waals surface area contributed by atoms with Crippen molar-refractivity contribution < 1.29 is 9.53 Å². The van der Waals surface area contributed by atoms with E-state index in [-0.39, 0.29) is 5.88 Å². The third-order valence-corrected chi connectivity index (χ3v) is 2.84. The maximum Gasteiger partial charge on any atom is 0.410 e. The zero-order valence-electron chi connectivity index (χ0n) is 9.43. The van der Waals surface area contributed by atoms with E-state index < -0.39 is 5.43 Å². The third-order valence-electron chi connectivity index (χ3n) is 2.40. The lowest BCUT2D eigenvalue weighted by Crippen LogP contribution is -2.05. The SMILES string of the molecule is Cc1c(OC(=O)Cl)nnn1Cc1ccccc1Cl. The molecule has 1 heterocycles. The molecule has 0 aliphatic carbocycles. The van der Waals surface area contributed by atoms with Crippen molar-refractivity contribution in [3.63, 3.8) is 0 Å². The lowest BCUT2D eigenvalue weighted by atomic mass is 10.2. The first-order chi connectivity index (χ1) is 8.58. The molecule has 1 aromatic heterocycles. The van der Waals surface area contributed by atoms with Crippen LogP contribution in [-0.2, 0) is 6.54 Å². The molecule has 1 aromatic carbocycles. The zero-order chi connectivity index (χ0) is 13.1. The molecule has 2 rings (SSSR count). The highest BCUT2D eigenvalue weighted by Gasteiger charge is 2.13. The van der Waals surface area contributed by atoms with Crippen molar-refractivity contribution in [2.24, 2.45) is 0 Å². The standard InChI is InChI=1S/C11H9Cl2N3O2/c1-7-10(18-11(13)17)14-15-16(7)6-8-4-2-3-5-9(8)12/h2-5H,6H2,1H3. The van der Waals surface area contributed by atoms with Gasteiger partial charge in [0.1, 0.15) is 5.69 Å². The Hall–Kier alpha value is -1.59. The van der Waals surface area contributed by atoms with Crippen LogP contribution in [0.4, 0.5) is 4.79 Å². The van der Waals surface area contributed by atoms with E-state index in [0.717, 1.165) is 5.56 Å². The normalized spacial score (nSPS) is 10.4. The Bertz CT molecular complexity index is 583. The Kier molecular flexibility index (Phi) is 3.84. The number of benzene rings is 1. The lowest BCUT2D eigenvalue weighted by molar-refractivity contribution is 0.223. The molecule has 0 spiro atoms. The van der Waals surface area contributed by atoms with E-state index in [1.807, 2.05) is 18.2 Å². The fourth-order valence-corrected chi connectivity index (χ4v) is 1.72. The first kappa shape index (κ1) is 12.9. The van der Waals surface area contributed by atoms with Crippen LogP contribution in [0.1, 0.15) is 11.3 Å². The number of carbonyl (C=O) groups excluding carboxylic acids is 1. The van der Waals surface area contributed by atoms with Gasteiger partial charge in [0.15, 0.2) is 0 Å². The van der Waals surface area contributed by atoms with Gasteiger partial charge in [0.25, 0.3) is 5.88 Å². The third kappa shape index (κ3) is 2.80. The van der Waals surface area contributed by atoms with E-state index in [2.05, 4.69) is 10.3 Å². The zero-order valence-corrected chi connectivity index (χ0v) is 10.9. The maximum absolute atomic E-state index is 10.6. The predicted octanol–water partition coefficient (Wildman–Crippen LogP) is 3.03. The first-order valence-corrected chi connectivity index (χ1v) is 5.84. The number of hydrogen-bond donors (Lipinski definition) is 0. The average Bonchev–Trinajstić information content (AvgIpc) is 2.64.